The molecule has 0 unspecified atom stereocenters. The van der Waals surface area contributed by atoms with E-state index in [-0.39, 0.29) is 11.9 Å². The van der Waals surface area contributed by atoms with E-state index in [1.807, 2.05) is 50.4 Å². The quantitative estimate of drug-likeness (QED) is 0.497. The fourth-order valence-corrected chi connectivity index (χ4v) is 6.31. The summed E-state index contributed by atoms with van der Waals surface area (Å²) < 4.78 is 1.97. The van der Waals surface area contributed by atoms with Gasteiger partial charge in [0.1, 0.15) is 0 Å². The molecule has 0 bridgehead atoms. The number of rotatable bonds is 9. The van der Waals surface area contributed by atoms with Crippen LogP contribution in [0.15, 0.2) is 24.4 Å². The maximum absolute atomic E-state index is 12.5. The number of aromatic nitrogens is 3. The van der Waals surface area contributed by atoms with E-state index in [1.165, 1.54) is 18.6 Å². The summed E-state index contributed by atoms with van der Waals surface area (Å²) in [7, 11) is 4.00. The van der Waals surface area contributed by atoms with Gasteiger partial charge in [-0.15, -0.1) is 10.2 Å². The van der Waals surface area contributed by atoms with Crippen molar-refractivity contribution in [1.82, 2.24) is 19.9 Å². The van der Waals surface area contributed by atoms with E-state index in [0.717, 1.165) is 36.0 Å². The van der Waals surface area contributed by atoms with Crippen molar-refractivity contribution in [2.75, 3.05) is 5.75 Å². The summed E-state index contributed by atoms with van der Waals surface area (Å²) in [5, 5.41) is 12.6. The number of carbonyl (C=O) groups is 1. The summed E-state index contributed by atoms with van der Waals surface area (Å²) in [5.74, 6) is 2.69. The summed E-state index contributed by atoms with van der Waals surface area (Å²) in [6, 6.07) is 5.75. The monoisotopic (exact) mass is 392 g/mol. The van der Waals surface area contributed by atoms with Crippen molar-refractivity contribution in [3.05, 3.63) is 30.2 Å². The van der Waals surface area contributed by atoms with E-state index in [4.69, 9.17) is 0 Å². The molecule has 142 valence electrons. The highest BCUT2D eigenvalue weighted by atomic mass is 33.1. The van der Waals surface area contributed by atoms with Gasteiger partial charge >= 0.3 is 0 Å². The Hall–Kier alpha value is -1.21. The van der Waals surface area contributed by atoms with Crippen LogP contribution in [0.4, 0.5) is 0 Å². The van der Waals surface area contributed by atoms with E-state index in [2.05, 4.69) is 29.4 Å². The van der Waals surface area contributed by atoms with Crippen LogP contribution in [0.5, 0.6) is 0 Å². The number of hydrogen-bond acceptors (Lipinski definition) is 5. The number of hydrogen-bond donors (Lipinski definition) is 1. The lowest BCUT2D eigenvalue weighted by Crippen LogP contribution is -2.30. The van der Waals surface area contributed by atoms with Crippen molar-refractivity contribution in [3.8, 4) is 0 Å². The molecule has 1 amide bonds. The molecular weight excluding hydrogens is 364 g/mol. The average Bonchev–Trinajstić information content (AvgIpc) is 3.27. The Morgan fingerprint density at radius 1 is 1.35 bits per heavy atom. The van der Waals surface area contributed by atoms with Crippen molar-refractivity contribution in [1.29, 1.82) is 0 Å². The van der Waals surface area contributed by atoms with E-state index in [9.17, 15) is 4.79 Å². The Morgan fingerprint density at radius 2 is 2.23 bits per heavy atom. The Balaban J connectivity index is 1.55. The summed E-state index contributed by atoms with van der Waals surface area (Å²) in [6.07, 6.45) is 8.05. The first-order valence-corrected chi connectivity index (χ1v) is 11.9. The SMILES string of the molecule is CC(C)C[C@H](NC(=O)CCCC[C@@H]1CCSS1)c1nnc2ccccn12. The second-order valence-corrected chi connectivity index (χ2v) is 10.1. The van der Waals surface area contributed by atoms with Gasteiger partial charge in [-0.2, -0.15) is 0 Å². The maximum Gasteiger partial charge on any atom is 0.220 e. The number of nitrogens with zero attached hydrogens (tertiary/aromatic N) is 3. The predicted molar refractivity (Wildman–Crippen MR) is 110 cm³/mol. The predicted octanol–water partition coefficient (Wildman–Crippen LogP) is 4.65. The van der Waals surface area contributed by atoms with Crippen LogP contribution in [-0.4, -0.2) is 31.5 Å². The van der Waals surface area contributed by atoms with Crippen LogP contribution >= 0.6 is 21.6 Å². The first kappa shape index (κ1) is 19.5. The van der Waals surface area contributed by atoms with Gasteiger partial charge in [0.25, 0.3) is 0 Å². The zero-order valence-electron chi connectivity index (χ0n) is 15.6. The minimum absolute atomic E-state index is 0.0957. The first-order valence-electron chi connectivity index (χ1n) is 9.51. The molecule has 2 aromatic heterocycles. The number of carbonyl (C=O) groups excluding carboxylic acids is 1. The van der Waals surface area contributed by atoms with Crippen molar-refractivity contribution >= 4 is 33.1 Å². The van der Waals surface area contributed by atoms with Gasteiger partial charge in [-0.05, 0) is 43.7 Å². The van der Waals surface area contributed by atoms with Crippen LogP contribution in [0.3, 0.4) is 0 Å². The van der Waals surface area contributed by atoms with Crippen LogP contribution in [0, 0.1) is 5.92 Å². The number of fused-ring (bicyclic) bond motifs is 1. The summed E-state index contributed by atoms with van der Waals surface area (Å²) >= 11 is 0. The highest BCUT2D eigenvalue weighted by molar-refractivity contribution is 8.77. The van der Waals surface area contributed by atoms with Crippen molar-refractivity contribution in [3.63, 3.8) is 0 Å². The third-order valence-electron chi connectivity index (χ3n) is 4.60. The van der Waals surface area contributed by atoms with Gasteiger partial charge in [0.05, 0.1) is 6.04 Å². The van der Waals surface area contributed by atoms with Crippen molar-refractivity contribution in [2.45, 2.75) is 63.7 Å². The van der Waals surface area contributed by atoms with Gasteiger partial charge in [0, 0.05) is 23.6 Å². The molecule has 1 aliphatic heterocycles. The molecule has 0 spiro atoms. The molecule has 26 heavy (non-hydrogen) atoms. The summed E-state index contributed by atoms with van der Waals surface area (Å²) in [4.78, 5) is 12.5. The molecule has 1 N–H and O–H groups in total. The van der Waals surface area contributed by atoms with E-state index >= 15 is 0 Å². The molecule has 5 nitrogen and oxygen atoms in total. The molecule has 0 saturated carbocycles. The molecule has 1 fully saturated rings. The molecule has 2 aromatic rings. The zero-order valence-corrected chi connectivity index (χ0v) is 17.2. The van der Waals surface area contributed by atoms with E-state index in [1.54, 1.807) is 0 Å². The fourth-order valence-electron chi connectivity index (χ4n) is 3.29. The molecular formula is C19H28N4OS2. The van der Waals surface area contributed by atoms with Gasteiger partial charge in [0.2, 0.25) is 5.91 Å². The Morgan fingerprint density at radius 3 is 3.00 bits per heavy atom. The van der Waals surface area contributed by atoms with Crippen molar-refractivity contribution in [2.24, 2.45) is 5.92 Å². The molecule has 1 saturated heterocycles. The second kappa shape index (κ2) is 9.65. The van der Waals surface area contributed by atoms with Crippen molar-refractivity contribution < 1.29 is 4.79 Å². The van der Waals surface area contributed by atoms with Gasteiger partial charge in [-0.1, -0.05) is 47.9 Å². The molecule has 0 radical (unpaired) electrons. The third kappa shape index (κ3) is 5.39. The average molecular weight is 393 g/mol. The normalized spacial score (nSPS) is 18.5. The molecule has 2 atom stereocenters. The van der Waals surface area contributed by atoms with Gasteiger partial charge in [0.15, 0.2) is 11.5 Å². The van der Waals surface area contributed by atoms with Crippen LogP contribution in [0.1, 0.15) is 64.2 Å². The van der Waals surface area contributed by atoms with E-state index < -0.39 is 0 Å². The van der Waals surface area contributed by atoms with Crippen LogP contribution in [0.2, 0.25) is 0 Å². The van der Waals surface area contributed by atoms with E-state index in [0.29, 0.717) is 12.3 Å². The largest absolute Gasteiger partial charge is 0.346 e. The summed E-state index contributed by atoms with van der Waals surface area (Å²) in [6.45, 7) is 4.33. The Kier molecular flexibility index (Phi) is 7.25. The van der Waals surface area contributed by atoms with Gasteiger partial charge < -0.3 is 5.32 Å². The Labute approximate surface area is 163 Å². The highest BCUT2D eigenvalue weighted by Gasteiger charge is 2.21. The number of nitrogens with one attached hydrogen (secondary N) is 1. The molecule has 3 heterocycles. The Bertz CT molecular complexity index is 712. The molecule has 0 aromatic carbocycles. The maximum atomic E-state index is 12.5. The molecule has 0 aliphatic carbocycles. The van der Waals surface area contributed by atoms with Crippen LogP contribution in [0.25, 0.3) is 5.65 Å². The molecule has 1 aliphatic rings. The second-order valence-electron chi connectivity index (χ2n) is 7.31. The lowest BCUT2D eigenvalue weighted by Gasteiger charge is -2.19. The van der Waals surface area contributed by atoms with Gasteiger partial charge in [-0.25, -0.2) is 0 Å². The van der Waals surface area contributed by atoms with Crippen LogP contribution in [-0.2, 0) is 4.79 Å². The summed E-state index contributed by atoms with van der Waals surface area (Å²) in [5.41, 5.74) is 0.817. The zero-order chi connectivity index (χ0) is 18.4. The number of pyridine rings is 1. The lowest BCUT2D eigenvalue weighted by atomic mass is 10.0. The molecule has 7 heteroatoms. The molecule has 3 rings (SSSR count). The number of unbranched alkanes of at least 4 members (excludes halogenated alkanes) is 1. The topological polar surface area (TPSA) is 59.3 Å². The fraction of sp³-hybridized carbons (Fsp3) is 0.632. The highest BCUT2D eigenvalue weighted by Crippen LogP contribution is 2.39. The smallest absolute Gasteiger partial charge is 0.220 e. The third-order valence-corrected chi connectivity index (χ3v) is 7.61. The minimum Gasteiger partial charge on any atom is -0.346 e. The minimum atomic E-state index is -0.0957. The lowest BCUT2D eigenvalue weighted by molar-refractivity contribution is -0.122. The van der Waals surface area contributed by atoms with Crippen LogP contribution < -0.4 is 5.32 Å². The standard InChI is InChI=1S/C19H28N4OS2/c1-14(2)13-16(19-22-21-17-8-5-6-11-23(17)19)20-18(24)9-4-3-7-15-10-12-25-26-15/h5-6,8,11,14-16H,3-4,7,9-10,12-13H2,1-2H3,(H,20,24)/t15-,16+/m1/s1. The number of amides is 1. The van der Waals surface area contributed by atoms with Gasteiger partial charge in [-0.3, -0.25) is 9.20 Å². The first-order chi connectivity index (χ1) is 12.6.